The van der Waals surface area contributed by atoms with Gasteiger partial charge in [0.2, 0.25) is 0 Å². The second kappa shape index (κ2) is 4.94. The molecule has 1 aliphatic rings. The van der Waals surface area contributed by atoms with Crippen molar-refractivity contribution in [2.45, 2.75) is 44.4 Å². The number of carboxylic acid groups (broad SMARTS) is 1. The van der Waals surface area contributed by atoms with Gasteiger partial charge in [0.1, 0.15) is 6.04 Å². The molecule has 0 saturated heterocycles. The van der Waals surface area contributed by atoms with Crippen LogP contribution in [-0.4, -0.2) is 42.6 Å². The van der Waals surface area contributed by atoms with Crippen LogP contribution in [0.2, 0.25) is 0 Å². The maximum atomic E-state index is 11.8. The highest BCUT2D eigenvalue weighted by atomic mass is 32.2. The predicted molar refractivity (Wildman–Crippen MR) is 65.7 cm³/mol. The molecule has 5 nitrogen and oxygen atoms in total. The van der Waals surface area contributed by atoms with Crippen molar-refractivity contribution in [1.82, 2.24) is 5.32 Å². The molecule has 0 radical (unpaired) electrons. The van der Waals surface area contributed by atoms with Crippen LogP contribution in [0.1, 0.15) is 33.6 Å². The highest BCUT2D eigenvalue weighted by Crippen LogP contribution is 2.32. The summed E-state index contributed by atoms with van der Waals surface area (Å²) in [6.07, 6.45) is 1.83. The van der Waals surface area contributed by atoms with E-state index in [1.165, 1.54) is 0 Å². The first-order valence-corrected chi connectivity index (χ1v) is 7.49. The summed E-state index contributed by atoms with van der Waals surface area (Å²) in [5.41, 5.74) is 0. The van der Waals surface area contributed by atoms with Gasteiger partial charge in [-0.3, -0.25) is 4.79 Å². The third-order valence-corrected chi connectivity index (χ3v) is 5.64. The number of rotatable bonds is 6. The Morgan fingerprint density at radius 2 is 1.94 bits per heavy atom. The summed E-state index contributed by atoms with van der Waals surface area (Å²) in [6, 6.07) is -0.592. The van der Waals surface area contributed by atoms with Gasteiger partial charge in [0.25, 0.3) is 0 Å². The molecule has 0 spiro atoms. The molecule has 17 heavy (non-hydrogen) atoms. The monoisotopic (exact) mass is 263 g/mol. The van der Waals surface area contributed by atoms with E-state index in [2.05, 4.69) is 5.32 Å². The average molecular weight is 263 g/mol. The highest BCUT2D eigenvalue weighted by molar-refractivity contribution is 7.92. The number of sulfone groups is 1. The largest absolute Gasteiger partial charge is 0.480 e. The predicted octanol–water partition coefficient (Wildman–Crippen LogP) is 0.652. The van der Waals surface area contributed by atoms with E-state index in [9.17, 15) is 13.2 Å². The third kappa shape index (κ3) is 3.96. The van der Waals surface area contributed by atoms with Gasteiger partial charge < -0.3 is 10.4 Å². The zero-order valence-corrected chi connectivity index (χ0v) is 11.4. The fourth-order valence-corrected chi connectivity index (χ4v) is 2.54. The second-order valence-electron chi connectivity index (χ2n) is 5.54. The topological polar surface area (TPSA) is 83.5 Å². The van der Waals surface area contributed by atoms with Gasteiger partial charge in [0.15, 0.2) is 9.84 Å². The molecule has 2 N–H and O–H groups in total. The minimum Gasteiger partial charge on any atom is -0.480 e. The Bertz CT molecular complexity index is 379. The van der Waals surface area contributed by atoms with Crippen molar-refractivity contribution >= 4 is 15.8 Å². The van der Waals surface area contributed by atoms with Crippen molar-refractivity contribution in [3.63, 3.8) is 0 Å². The summed E-state index contributed by atoms with van der Waals surface area (Å²) < 4.78 is 22.8. The Morgan fingerprint density at radius 3 is 2.29 bits per heavy atom. The maximum Gasteiger partial charge on any atom is 0.320 e. The van der Waals surface area contributed by atoms with Crippen LogP contribution in [0.5, 0.6) is 0 Å². The lowest BCUT2D eigenvalue weighted by molar-refractivity contribution is -0.140. The fraction of sp³-hybridized carbons (Fsp3) is 0.909. The smallest absolute Gasteiger partial charge is 0.320 e. The van der Waals surface area contributed by atoms with Crippen molar-refractivity contribution in [3.8, 4) is 0 Å². The molecule has 0 heterocycles. The van der Waals surface area contributed by atoms with Crippen LogP contribution >= 0.6 is 0 Å². The van der Waals surface area contributed by atoms with E-state index < -0.39 is 26.6 Å². The van der Waals surface area contributed by atoms with E-state index in [1.807, 2.05) is 0 Å². The molecule has 6 heteroatoms. The molecule has 1 rings (SSSR count). The van der Waals surface area contributed by atoms with Crippen LogP contribution in [-0.2, 0) is 14.6 Å². The number of aliphatic carboxylic acids is 1. The van der Waals surface area contributed by atoms with Crippen LogP contribution in [0.15, 0.2) is 0 Å². The van der Waals surface area contributed by atoms with Crippen molar-refractivity contribution < 1.29 is 18.3 Å². The van der Waals surface area contributed by atoms with E-state index in [4.69, 9.17) is 5.11 Å². The number of carboxylic acids is 1. The van der Waals surface area contributed by atoms with Crippen LogP contribution in [0.4, 0.5) is 0 Å². The Balaban J connectivity index is 2.44. The first-order valence-electron chi connectivity index (χ1n) is 5.83. The second-order valence-corrected chi connectivity index (χ2v) is 8.40. The average Bonchev–Trinajstić information content (AvgIpc) is 2.93. The normalized spacial score (nSPS) is 19.0. The summed E-state index contributed by atoms with van der Waals surface area (Å²) in [7, 11) is -3.18. The number of carbonyl (C=O) groups is 1. The minimum absolute atomic E-state index is 0.0208. The Hall–Kier alpha value is -0.620. The zero-order valence-electron chi connectivity index (χ0n) is 10.6. The lowest BCUT2D eigenvalue weighted by Gasteiger charge is -2.20. The molecule has 0 amide bonds. The Kier molecular flexibility index (Phi) is 4.19. The standard InChI is InChI=1S/C11H21NO4S/c1-11(2,3)17(15,16)7-6-12-9(10(13)14)8-4-5-8/h8-9,12H,4-7H2,1-3H3,(H,13,14). The van der Waals surface area contributed by atoms with E-state index in [-0.39, 0.29) is 18.2 Å². The molecule has 1 unspecified atom stereocenters. The van der Waals surface area contributed by atoms with E-state index >= 15 is 0 Å². The van der Waals surface area contributed by atoms with Crippen molar-refractivity contribution in [3.05, 3.63) is 0 Å². The van der Waals surface area contributed by atoms with Gasteiger partial charge in [0.05, 0.1) is 10.5 Å². The number of nitrogens with one attached hydrogen (secondary N) is 1. The van der Waals surface area contributed by atoms with Crippen molar-refractivity contribution in [2.75, 3.05) is 12.3 Å². The molecule has 1 saturated carbocycles. The lowest BCUT2D eigenvalue weighted by Crippen LogP contribution is -2.42. The first kappa shape index (κ1) is 14.4. The maximum absolute atomic E-state index is 11.8. The van der Waals surface area contributed by atoms with Crippen LogP contribution in [0.3, 0.4) is 0 Å². The molecule has 0 aromatic heterocycles. The van der Waals surface area contributed by atoms with Crippen molar-refractivity contribution in [1.29, 1.82) is 0 Å². The van der Waals surface area contributed by atoms with Gasteiger partial charge in [-0.05, 0) is 39.5 Å². The molecule has 0 aliphatic heterocycles. The van der Waals surface area contributed by atoms with Gasteiger partial charge in [-0.1, -0.05) is 0 Å². The summed E-state index contributed by atoms with van der Waals surface area (Å²) >= 11 is 0. The van der Waals surface area contributed by atoms with Gasteiger partial charge >= 0.3 is 5.97 Å². The molecular formula is C11H21NO4S. The third-order valence-electron chi connectivity index (χ3n) is 3.03. The number of hydrogen-bond acceptors (Lipinski definition) is 4. The molecule has 0 aromatic rings. The molecule has 0 aromatic carbocycles. The Morgan fingerprint density at radius 1 is 1.41 bits per heavy atom. The Labute approximate surface area is 103 Å². The van der Waals surface area contributed by atoms with Crippen LogP contribution in [0.25, 0.3) is 0 Å². The molecule has 100 valence electrons. The van der Waals surface area contributed by atoms with Gasteiger partial charge in [-0.25, -0.2) is 8.42 Å². The van der Waals surface area contributed by atoms with E-state index in [1.54, 1.807) is 20.8 Å². The fourth-order valence-electron chi connectivity index (χ4n) is 1.54. The van der Waals surface area contributed by atoms with Crippen molar-refractivity contribution in [2.24, 2.45) is 5.92 Å². The highest BCUT2D eigenvalue weighted by Gasteiger charge is 2.36. The quantitative estimate of drug-likeness (QED) is 0.735. The summed E-state index contributed by atoms with van der Waals surface area (Å²) in [6.45, 7) is 5.15. The van der Waals surface area contributed by atoms with Crippen LogP contribution in [0, 0.1) is 5.92 Å². The van der Waals surface area contributed by atoms with Crippen LogP contribution < -0.4 is 5.32 Å². The van der Waals surface area contributed by atoms with Gasteiger partial charge in [-0.2, -0.15) is 0 Å². The summed E-state index contributed by atoms with van der Waals surface area (Å²) in [5, 5.41) is 11.8. The zero-order chi connectivity index (χ0) is 13.3. The SMILES string of the molecule is CC(C)(C)S(=O)(=O)CCNC(C(=O)O)C1CC1. The number of hydrogen-bond donors (Lipinski definition) is 2. The molecule has 1 atom stereocenters. The van der Waals surface area contributed by atoms with Gasteiger partial charge in [-0.15, -0.1) is 0 Å². The molecule has 1 fully saturated rings. The van der Waals surface area contributed by atoms with E-state index in [0.717, 1.165) is 12.8 Å². The van der Waals surface area contributed by atoms with Gasteiger partial charge in [0, 0.05) is 6.54 Å². The lowest BCUT2D eigenvalue weighted by atomic mass is 10.2. The first-order chi connectivity index (χ1) is 7.65. The molecule has 1 aliphatic carbocycles. The molecule has 0 bridgehead atoms. The molecular weight excluding hydrogens is 242 g/mol. The summed E-state index contributed by atoms with van der Waals surface area (Å²) in [4.78, 5) is 10.9. The van der Waals surface area contributed by atoms with E-state index in [0.29, 0.717) is 0 Å². The minimum atomic E-state index is -3.18. The summed E-state index contributed by atoms with van der Waals surface area (Å²) in [5.74, 6) is -0.738.